The summed E-state index contributed by atoms with van der Waals surface area (Å²) in [5.74, 6) is -1.73. The summed E-state index contributed by atoms with van der Waals surface area (Å²) in [6, 6.07) is 0. The van der Waals surface area contributed by atoms with Crippen LogP contribution >= 0.6 is 0 Å². The van der Waals surface area contributed by atoms with Crippen molar-refractivity contribution in [3.05, 3.63) is 24.6 Å². The van der Waals surface area contributed by atoms with Crippen LogP contribution in [0.1, 0.15) is 0 Å². The van der Waals surface area contributed by atoms with Crippen molar-refractivity contribution < 1.29 is 19.2 Å². The number of carboxylic acids is 1. The first-order chi connectivity index (χ1) is 6.18. The van der Waals surface area contributed by atoms with E-state index in [1.54, 1.807) is 0 Å². The van der Waals surface area contributed by atoms with Gasteiger partial charge in [0.25, 0.3) is 0 Å². The molecule has 0 bridgehead atoms. The Morgan fingerprint density at radius 3 is 2.85 bits per heavy atom. The number of nitrogens with one attached hydrogen (secondary N) is 1. The molecule has 1 amide bonds. The Morgan fingerprint density at radius 1 is 1.54 bits per heavy atom. The molecule has 0 aliphatic heterocycles. The third-order valence-corrected chi connectivity index (χ3v) is 1.08. The Bertz CT molecular complexity index is 328. The van der Waals surface area contributed by atoms with Crippen molar-refractivity contribution in [2.45, 2.75) is 0 Å². The van der Waals surface area contributed by atoms with E-state index in [1.807, 2.05) is 0 Å². The van der Waals surface area contributed by atoms with Crippen LogP contribution in [0.2, 0.25) is 0 Å². The van der Waals surface area contributed by atoms with Gasteiger partial charge in [-0.1, -0.05) is 5.16 Å². The molecule has 0 fully saturated rings. The zero-order chi connectivity index (χ0) is 9.68. The number of carboxylic acid groups (broad SMARTS) is 1. The van der Waals surface area contributed by atoms with Gasteiger partial charge < -0.3 is 14.9 Å². The molecule has 1 rings (SSSR count). The molecule has 0 spiro atoms. The molecular weight excluding hydrogens is 176 g/mol. The molecule has 0 aliphatic carbocycles. The van der Waals surface area contributed by atoms with Gasteiger partial charge in [0.15, 0.2) is 0 Å². The number of aliphatic carboxylic acids is 1. The van der Waals surface area contributed by atoms with Crippen LogP contribution in [-0.2, 0) is 9.59 Å². The molecular formula is C7H6N2O4. The quantitative estimate of drug-likeness (QED) is 0.654. The van der Waals surface area contributed by atoms with Crippen molar-refractivity contribution >= 4 is 17.6 Å². The van der Waals surface area contributed by atoms with E-state index in [1.165, 1.54) is 12.5 Å². The van der Waals surface area contributed by atoms with Crippen LogP contribution < -0.4 is 5.32 Å². The summed E-state index contributed by atoms with van der Waals surface area (Å²) < 4.78 is 4.44. The second-order valence-corrected chi connectivity index (χ2v) is 2.07. The van der Waals surface area contributed by atoms with Gasteiger partial charge in [0.2, 0.25) is 5.91 Å². The number of anilines is 1. The maximum Gasteiger partial charge on any atom is 0.328 e. The minimum Gasteiger partial charge on any atom is -0.478 e. The van der Waals surface area contributed by atoms with Crippen LogP contribution in [-0.4, -0.2) is 22.1 Å². The molecule has 2 N–H and O–H groups in total. The highest BCUT2D eigenvalue weighted by molar-refractivity contribution is 6.02. The lowest BCUT2D eigenvalue weighted by atomic mass is 10.4. The van der Waals surface area contributed by atoms with Gasteiger partial charge in [-0.3, -0.25) is 4.79 Å². The molecule has 0 aromatic carbocycles. The monoisotopic (exact) mass is 182 g/mol. The highest BCUT2D eigenvalue weighted by Crippen LogP contribution is 2.02. The van der Waals surface area contributed by atoms with E-state index in [-0.39, 0.29) is 0 Å². The van der Waals surface area contributed by atoms with Crippen LogP contribution in [0.5, 0.6) is 0 Å². The van der Waals surface area contributed by atoms with Crippen LogP contribution in [0.3, 0.4) is 0 Å². The van der Waals surface area contributed by atoms with Crippen molar-refractivity contribution in [3.8, 4) is 0 Å². The Kier molecular flexibility index (Phi) is 2.80. The first-order valence-electron chi connectivity index (χ1n) is 3.30. The Morgan fingerprint density at radius 2 is 2.31 bits per heavy atom. The molecule has 0 atom stereocenters. The summed E-state index contributed by atoms with van der Waals surface area (Å²) in [6.45, 7) is 0. The molecule has 13 heavy (non-hydrogen) atoms. The third-order valence-electron chi connectivity index (χ3n) is 1.08. The highest BCUT2D eigenvalue weighted by atomic mass is 16.5. The van der Waals surface area contributed by atoms with Gasteiger partial charge in [-0.2, -0.15) is 0 Å². The molecule has 0 saturated carbocycles. The number of hydrogen-bond donors (Lipinski definition) is 2. The van der Waals surface area contributed by atoms with Crippen molar-refractivity contribution in [2.75, 3.05) is 5.32 Å². The second-order valence-electron chi connectivity index (χ2n) is 2.07. The summed E-state index contributed by atoms with van der Waals surface area (Å²) in [7, 11) is 0. The fraction of sp³-hybridized carbons (Fsp3) is 0. The predicted molar refractivity (Wildman–Crippen MR) is 41.9 cm³/mol. The maximum absolute atomic E-state index is 10.9. The Hall–Kier alpha value is -2.11. The first-order valence-corrected chi connectivity index (χ1v) is 3.30. The molecule has 0 radical (unpaired) electrons. The zero-order valence-corrected chi connectivity index (χ0v) is 6.43. The lowest BCUT2D eigenvalue weighted by Crippen LogP contribution is -2.07. The van der Waals surface area contributed by atoms with Gasteiger partial charge in [-0.25, -0.2) is 4.79 Å². The topological polar surface area (TPSA) is 92.4 Å². The zero-order valence-electron chi connectivity index (χ0n) is 6.43. The number of carbonyl (C=O) groups excluding carboxylic acids is 1. The minimum absolute atomic E-state index is 0.375. The SMILES string of the molecule is O=C(O)/C=C/C(=O)Nc1cnoc1. The average molecular weight is 182 g/mol. The lowest BCUT2D eigenvalue weighted by molar-refractivity contribution is -0.131. The fourth-order valence-electron chi connectivity index (χ4n) is 0.597. The number of aromatic nitrogens is 1. The summed E-state index contributed by atoms with van der Waals surface area (Å²) in [5.41, 5.74) is 0.375. The molecule has 1 aromatic rings. The molecule has 68 valence electrons. The maximum atomic E-state index is 10.9. The van der Waals surface area contributed by atoms with E-state index in [0.29, 0.717) is 5.69 Å². The number of rotatable bonds is 3. The number of amides is 1. The minimum atomic E-state index is -1.18. The summed E-state index contributed by atoms with van der Waals surface area (Å²) in [5, 5.41) is 13.9. The standard InChI is InChI=1S/C7H6N2O4/c10-6(1-2-7(11)12)9-5-3-8-13-4-5/h1-4H,(H,9,10)(H,11,12)/b2-1+. The van der Waals surface area contributed by atoms with Crippen molar-refractivity contribution in [1.29, 1.82) is 0 Å². The summed E-state index contributed by atoms with van der Waals surface area (Å²) in [4.78, 5) is 20.9. The van der Waals surface area contributed by atoms with E-state index in [9.17, 15) is 9.59 Å². The fourth-order valence-corrected chi connectivity index (χ4v) is 0.597. The number of hydrogen-bond acceptors (Lipinski definition) is 4. The number of carbonyl (C=O) groups is 2. The van der Waals surface area contributed by atoms with E-state index >= 15 is 0 Å². The molecule has 0 unspecified atom stereocenters. The van der Waals surface area contributed by atoms with E-state index < -0.39 is 11.9 Å². The van der Waals surface area contributed by atoms with Crippen molar-refractivity contribution in [3.63, 3.8) is 0 Å². The molecule has 0 saturated heterocycles. The summed E-state index contributed by atoms with van der Waals surface area (Å²) >= 11 is 0. The van der Waals surface area contributed by atoms with Gasteiger partial charge in [0, 0.05) is 12.2 Å². The highest BCUT2D eigenvalue weighted by Gasteiger charge is 1.99. The van der Waals surface area contributed by atoms with Gasteiger partial charge in [0.05, 0.1) is 6.20 Å². The van der Waals surface area contributed by atoms with Crippen LogP contribution in [0.4, 0.5) is 5.69 Å². The van der Waals surface area contributed by atoms with E-state index in [2.05, 4.69) is 15.0 Å². The Balaban J connectivity index is 2.47. The predicted octanol–water partition coefficient (Wildman–Crippen LogP) is 0.254. The summed E-state index contributed by atoms with van der Waals surface area (Å²) in [6.07, 6.45) is 4.16. The van der Waals surface area contributed by atoms with Gasteiger partial charge in [0.1, 0.15) is 12.0 Å². The second kappa shape index (κ2) is 4.05. The average Bonchev–Trinajstić information content (AvgIpc) is 2.53. The lowest BCUT2D eigenvalue weighted by Gasteiger charge is -1.93. The van der Waals surface area contributed by atoms with Crippen LogP contribution in [0.25, 0.3) is 0 Å². The van der Waals surface area contributed by atoms with Crippen LogP contribution in [0, 0.1) is 0 Å². The van der Waals surface area contributed by atoms with Gasteiger partial charge in [-0.15, -0.1) is 0 Å². The normalized spacial score (nSPS) is 10.2. The number of nitrogens with zero attached hydrogens (tertiary/aromatic N) is 1. The Labute approximate surface area is 72.8 Å². The van der Waals surface area contributed by atoms with Crippen molar-refractivity contribution in [2.24, 2.45) is 0 Å². The molecule has 0 aliphatic rings. The molecule has 1 aromatic heterocycles. The van der Waals surface area contributed by atoms with Gasteiger partial charge in [-0.05, 0) is 0 Å². The van der Waals surface area contributed by atoms with E-state index in [4.69, 9.17) is 5.11 Å². The molecule has 1 heterocycles. The third kappa shape index (κ3) is 3.19. The smallest absolute Gasteiger partial charge is 0.328 e. The molecule has 6 nitrogen and oxygen atoms in total. The van der Waals surface area contributed by atoms with Crippen LogP contribution in [0.15, 0.2) is 29.1 Å². The van der Waals surface area contributed by atoms with Crippen molar-refractivity contribution in [1.82, 2.24) is 5.16 Å². The largest absolute Gasteiger partial charge is 0.478 e. The first kappa shape index (κ1) is 8.98. The van der Waals surface area contributed by atoms with E-state index in [0.717, 1.165) is 12.2 Å². The van der Waals surface area contributed by atoms with Gasteiger partial charge >= 0.3 is 5.97 Å². The molecule has 6 heteroatoms.